The maximum Gasteiger partial charge on any atom is 0.439 e. The van der Waals surface area contributed by atoms with Crippen LogP contribution in [0.15, 0.2) is 56.7 Å². The van der Waals surface area contributed by atoms with Crippen LogP contribution < -0.4 is 11.1 Å². The van der Waals surface area contributed by atoms with E-state index in [0.29, 0.717) is 35.3 Å². The Balaban J connectivity index is 0.00000289. The minimum absolute atomic E-state index is 0. The molecule has 0 aliphatic carbocycles. The SMILES string of the molecule is Cl.O=c1[nH]c(-c2cccc(S(=O)(=O)C[C@@H]3CNCCO[C@H]3c3ccc(Cl)c(Cl)c3)c2)no1. The zero-order valence-electron chi connectivity index (χ0n) is 16.6. The minimum atomic E-state index is -3.69. The second-order valence-corrected chi connectivity index (χ2v) is 10.0. The number of nitrogens with one attached hydrogen (secondary N) is 2. The van der Waals surface area contributed by atoms with E-state index in [-0.39, 0.29) is 34.8 Å². The second kappa shape index (κ2) is 10.4. The van der Waals surface area contributed by atoms with Gasteiger partial charge in [0.05, 0.1) is 33.4 Å². The van der Waals surface area contributed by atoms with Crippen LogP contribution in [0.5, 0.6) is 0 Å². The van der Waals surface area contributed by atoms with Crippen LogP contribution in [0.4, 0.5) is 0 Å². The molecule has 0 bridgehead atoms. The van der Waals surface area contributed by atoms with Gasteiger partial charge in [-0.3, -0.25) is 9.51 Å². The van der Waals surface area contributed by atoms with E-state index >= 15 is 0 Å². The van der Waals surface area contributed by atoms with Gasteiger partial charge in [-0.15, -0.1) is 12.4 Å². The van der Waals surface area contributed by atoms with Gasteiger partial charge in [-0.05, 0) is 29.8 Å². The van der Waals surface area contributed by atoms with Gasteiger partial charge in [0.2, 0.25) is 0 Å². The Morgan fingerprint density at radius 2 is 1.94 bits per heavy atom. The predicted molar refractivity (Wildman–Crippen MR) is 123 cm³/mol. The smallest absolute Gasteiger partial charge is 0.372 e. The Hall–Kier alpha value is -1.88. The average molecular weight is 521 g/mol. The van der Waals surface area contributed by atoms with Gasteiger partial charge < -0.3 is 10.1 Å². The largest absolute Gasteiger partial charge is 0.439 e. The van der Waals surface area contributed by atoms with Gasteiger partial charge in [0.25, 0.3) is 0 Å². The summed E-state index contributed by atoms with van der Waals surface area (Å²) in [6, 6.07) is 11.4. The van der Waals surface area contributed by atoms with Crippen molar-refractivity contribution in [3.63, 3.8) is 0 Å². The Bertz CT molecular complexity index is 1250. The van der Waals surface area contributed by atoms with E-state index in [0.717, 1.165) is 5.56 Å². The number of halogens is 3. The maximum absolute atomic E-state index is 13.3. The van der Waals surface area contributed by atoms with Gasteiger partial charge in [-0.2, -0.15) is 0 Å². The van der Waals surface area contributed by atoms with E-state index in [2.05, 4.69) is 20.0 Å². The lowest BCUT2D eigenvalue weighted by Crippen LogP contribution is -2.30. The van der Waals surface area contributed by atoms with Crippen LogP contribution in [0.3, 0.4) is 0 Å². The molecule has 1 saturated heterocycles. The summed E-state index contributed by atoms with van der Waals surface area (Å²) in [5.41, 5.74) is 1.20. The standard InChI is InChI=1S/C20H19Cl2N3O5S.ClH/c21-16-5-4-12(9-17(16)22)18-14(10-23-6-7-29-18)11-31(27,28)15-3-1-2-13(8-15)19-24-20(26)30-25-19;/h1-5,8-9,14,18,23H,6-7,10-11H2,(H,24,25,26);1H/t14-,18-;/m0./s1. The van der Waals surface area contributed by atoms with Gasteiger partial charge in [0, 0.05) is 24.6 Å². The number of rotatable bonds is 5. The maximum atomic E-state index is 13.3. The molecule has 8 nitrogen and oxygen atoms in total. The summed E-state index contributed by atoms with van der Waals surface area (Å²) in [5.74, 6) is -1.06. The first-order chi connectivity index (χ1) is 14.8. The number of hydrogen-bond acceptors (Lipinski definition) is 7. The molecule has 0 radical (unpaired) electrons. The van der Waals surface area contributed by atoms with E-state index in [1.807, 2.05) is 0 Å². The summed E-state index contributed by atoms with van der Waals surface area (Å²) in [5, 5.41) is 7.65. The van der Waals surface area contributed by atoms with E-state index in [1.54, 1.807) is 30.3 Å². The molecule has 172 valence electrons. The fraction of sp³-hybridized carbons (Fsp3) is 0.300. The van der Waals surface area contributed by atoms with Gasteiger partial charge in [0.1, 0.15) is 0 Å². The van der Waals surface area contributed by atoms with Gasteiger partial charge in [-0.25, -0.2) is 13.2 Å². The van der Waals surface area contributed by atoms with Crippen LogP contribution in [0.1, 0.15) is 11.7 Å². The fourth-order valence-corrected chi connectivity index (χ4v) is 5.51. The highest BCUT2D eigenvalue weighted by atomic mass is 35.5. The van der Waals surface area contributed by atoms with Crippen molar-refractivity contribution in [1.29, 1.82) is 0 Å². The molecule has 0 amide bonds. The molecular formula is C20H20Cl3N3O5S. The average Bonchev–Trinajstić information content (AvgIpc) is 3.06. The molecule has 2 heterocycles. The number of aromatic nitrogens is 2. The van der Waals surface area contributed by atoms with Crippen LogP contribution in [0.2, 0.25) is 10.0 Å². The highest BCUT2D eigenvalue weighted by Crippen LogP contribution is 2.34. The zero-order valence-corrected chi connectivity index (χ0v) is 19.7. The molecule has 3 aromatic rings. The number of benzene rings is 2. The van der Waals surface area contributed by atoms with Gasteiger partial charge in [-0.1, -0.05) is 46.6 Å². The van der Waals surface area contributed by atoms with Crippen molar-refractivity contribution in [3.8, 4) is 11.4 Å². The van der Waals surface area contributed by atoms with Crippen LogP contribution in [0, 0.1) is 5.92 Å². The van der Waals surface area contributed by atoms with Crippen LogP contribution in [0.25, 0.3) is 11.4 Å². The molecule has 12 heteroatoms. The topological polar surface area (TPSA) is 114 Å². The number of hydrogen-bond donors (Lipinski definition) is 2. The Morgan fingerprint density at radius 1 is 1.12 bits per heavy atom. The van der Waals surface area contributed by atoms with E-state index in [1.165, 1.54) is 12.1 Å². The normalized spacial score (nSPS) is 19.2. The molecule has 4 rings (SSSR count). The molecule has 2 N–H and O–H groups in total. The highest BCUT2D eigenvalue weighted by Gasteiger charge is 2.32. The number of H-pyrrole nitrogens is 1. The summed E-state index contributed by atoms with van der Waals surface area (Å²) < 4.78 is 37.0. The van der Waals surface area contributed by atoms with E-state index < -0.39 is 21.7 Å². The number of aromatic amines is 1. The molecule has 1 aliphatic heterocycles. The third-order valence-electron chi connectivity index (χ3n) is 5.02. The highest BCUT2D eigenvalue weighted by molar-refractivity contribution is 7.91. The van der Waals surface area contributed by atoms with Crippen molar-refractivity contribution in [2.45, 2.75) is 11.0 Å². The van der Waals surface area contributed by atoms with Crippen molar-refractivity contribution in [3.05, 3.63) is 68.6 Å². The van der Waals surface area contributed by atoms with Crippen molar-refractivity contribution in [2.24, 2.45) is 5.92 Å². The molecule has 1 aliphatic rings. The van der Waals surface area contributed by atoms with Crippen molar-refractivity contribution in [1.82, 2.24) is 15.5 Å². The molecule has 1 fully saturated rings. The van der Waals surface area contributed by atoms with Gasteiger partial charge in [0.15, 0.2) is 15.7 Å². The summed E-state index contributed by atoms with van der Waals surface area (Å²) in [6.45, 7) is 1.51. The summed E-state index contributed by atoms with van der Waals surface area (Å²) >= 11 is 12.2. The summed E-state index contributed by atoms with van der Waals surface area (Å²) in [4.78, 5) is 13.7. The first-order valence-electron chi connectivity index (χ1n) is 9.50. The number of nitrogens with zero attached hydrogens (tertiary/aromatic N) is 1. The third-order valence-corrected chi connectivity index (χ3v) is 7.60. The first-order valence-corrected chi connectivity index (χ1v) is 11.9. The quantitative estimate of drug-likeness (QED) is 0.529. The fourth-order valence-electron chi connectivity index (χ4n) is 3.56. The lowest BCUT2D eigenvalue weighted by atomic mass is 9.97. The molecule has 2 atom stereocenters. The Morgan fingerprint density at radius 3 is 2.66 bits per heavy atom. The molecule has 32 heavy (non-hydrogen) atoms. The van der Waals surface area contributed by atoms with E-state index in [9.17, 15) is 13.2 Å². The molecule has 2 aromatic carbocycles. The zero-order chi connectivity index (χ0) is 22.0. The molecular weight excluding hydrogens is 501 g/mol. The number of ether oxygens (including phenoxy) is 1. The lowest BCUT2D eigenvalue weighted by molar-refractivity contribution is 0.0369. The van der Waals surface area contributed by atoms with Crippen LogP contribution in [-0.2, 0) is 14.6 Å². The van der Waals surface area contributed by atoms with Gasteiger partial charge >= 0.3 is 5.76 Å². The predicted octanol–water partition coefficient (Wildman–Crippen LogP) is 3.51. The first kappa shape index (κ1) is 24.8. The lowest BCUT2D eigenvalue weighted by Gasteiger charge is -2.25. The van der Waals surface area contributed by atoms with Crippen molar-refractivity contribution < 1.29 is 17.7 Å². The van der Waals surface area contributed by atoms with Crippen molar-refractivity contribution in [2.75, 3.05) is 25.4 Å². The van der Waals surface area contributed by atoms with Crippen LogP contribution >= 0.6 is 35.6 Å². The molecule has 0 saturated carbocycles. The van der Waals surface area contributed by atoms with Crippen molar-refractivity contribution >= 4 is 45.4 Å². The molecule has 0 spiro atoms. The Labute approximate surface area is 200 Å². The Kier molecular flexibility index (Phi) is 8.02. The van der Waals surface area contributed by atoms with E-state index in [4.69, 9.17) is 27.9 Å². The molecule has 1 aromatic heterocycles. The summed E-state index contributed by atoms with van der Waals surface area (Å²) in [7, 11) is -3.69. The monoisotopic (exact) mass is 519 g/mol. The third kappa shape index (κ3) is 5.54. The number of sulfone groups is 1. The second-order valence-electron chi connectivity index (χ2n) is 7.18. The molecule has 0 unspecified atom stereocenters. The van der Waals surface area contributed by atoms with Crippen LogP contribution in [-0.4, -0.2) is 44.0 Å². The summed E-state index contributed by atoms with van der Waals surface area (Å²) in [6.07, 6.45) is -0.463. The minimum Gasteiger partial charge on any atom is -0.372 e.